The van der Waals surface area contributed by atoms with Gasteiger partial charge in [0.05, 0.1) is 11.7 Å². The van der Waals surface area contributed by atoms with Crippen molar-refractivity contribution in [3.05, 3.63) is 24.3 Å². The molecule has 1 saturated heterocycles. The number of hydrogen-bond acceptors (Lipinski definition) is 4. The molecule has 104 valence electrons. The van der Waals surface area contributed by atoms with Gasteiger partial charge in [0.2, 0.25) is 0 Å². The highest BCUT2D eigenvalue weighted by atomic mass is 16.6. The quantitative estimate of drug-likeness (QED) is 0.392. The number of esters is 1. The molecule has 3 rings (SSSR count). The van der Waals surface area contributed by atoms with Gasteiger partial charge in [-0.15, -0.1) is 0 Å². The summed E-state index contributed by atoms with van der Waals surface area (Å²) >= 11 is 0. The maximum atomic E-state index is 11.7. The number of aliphatic hydroxyl groups is 2. The molecule has 1 heterocycles. The van der Waals surface area contributed by atoms with Crippen molar-refractivity contribution in [1.82, 2.24) is 0 Å². The van der Waals surface area contributed by atoms with Crippen molar-refractivity contribution >= 4 is 5.97 Å². The third-order valence-electron chi connectivity index (χ3n) is 5.20. The Kier molecular flexibility index (Phi) is 2.67. The topological polar surface area (TPSA) is 66.8 Å². The molecule has 0 bridgehead atoms. The summed E-state index contributed by atoms with van der Waals surface area (Å²) < 4.78 is 5.45. The zero-order chi connectivity index (χ0) is 13.9. The molecule has 0 aromatic carbocycles. The smallest absolute Gasteiger partial charge is 0.334 e. The molecule has 1 aliphatic heterocycles. The minimum Gasteiger partial charge on any atom is -0.458 e. The number of carbonyl (C=O) groups excluding carboxylic acids is 1. The largest absolute Gasteiger partial charge is 0.458 e. The van der Waals surface area contributed by atoms with E-state index < -0.39 is 17.7 Å². The van der Waals surface area contributed by atoms with Crippen LogP contribution in [0.5, 0.6) is 0 Å². The van der Waals surface area contributed by atoms with E-state index in [1.807, 2.05) is 0 Å². The lowest BCUT2D eigenvalue weighted by molar-refractivity contribution is -0.146. The summed E-state index contributed by atoms with van der Waals surface area (Å²) in [5, 5.41) is 20.8. The summed E-state index contributed by atoms with van der Waals surface area (Å²) in [7, 11) is 0. The van der Waals surface area contributed by atoms with Crippen LogP contribution in [0.3, 0.4) is 0 Å². The summed E-state index contributed by atoms with van der Waals surface area (Å²) in [6, 6.07) is 0. The second-order valence-electron chi connectivity index (χ2n) is 6.36. The first-order valence-electron chi connectivity index (χ1n) is 6.82. The molecule has 4 heteroatoms. The van der Waals surface area contributed by atoms with E-state index in [2.05, 4.69) is 13.2 Å². The van der Waals surface area contributed by atoms with Crippen LogP contribution in [-0.4, -0.2) is 34.0 Å². The average Bonchev–Trinajstić information content (AvgIpc) is 2.75. The highest BCUT2D eigenvalue weighted by Crippen LogP contribution is 2.53. The zero-order valence-electron chi connectivity index (χ0n) is 11.1. The maximum Gasteiger partial charge on any atom is 0.334 e. The Morgan fingerprint density at radius 2 is 2.05 bits per heavy atom. The first-order chi connectivity index (χ1) is 8.83. The maximum absolute atomic E-state index is 11.7. The molecule has 2 saturated carbocycles. The van der Waals surface area contributed by atoms with E-state index >= 15 is 0 Å². The molecule has 0 radical (unpaired) electrons. The number of aliphatic hydroxyl groups excluding tert-OH is 1. The van der Waals surface area contributed by atoms with Crippen LogP contribution in [-0.2, 0) is 9.53 Å². The van der Waals surface area contributed by atoms with Gasteiger partial charge in [-0.25, -0.2) is 4.79 Å². The number of hydrogen-bond donors (Lipinski definition) is 2. The molecule has 2 aliphatic carbocycles. The van der Waals surface area contributed by atoms with Gasteiger partial charge in [-0.3, -0.25) is 0 Å². The molecule has 3 fully saturated rings. The van der Waals surface area contributed by atoms with Crippen LogP contribution in [0.2, 0.25) is 0 Å². The fourth-order valence-electron chi connectivity index (χ4n) is 4.10. The van der Waals surface area contributed by atoms with Gasteiger partial charge in [-0.2, -0.15) is 0 Å². The van der Waals surface area contributed by atoms with E-state index in [9.17, 15) is 15.0 Å². The molecule has 6 atom stereocenters. The van der Waals surface area contributed by atoms with Crippen LogP contribution in [0.1, 0.15) is 26.2 Å². The molecule has 4 nitrogen and oxygen atoms in total. The van der Waals surface area contributed by atoms with Crippen LogP contribution in [0.25, 0.3) is 0 Å². The summed E-state index contributed by atoms with van der Waals surface area (Å²) in [4.78, 5) is 11.7. The van der Waals surface area contributed by atoms with Crippen molar-refractivity contribution in [3.8, 4) is 0 Å². The van der Waals surface area contributed by atoms with Crippen LogP contribution >= 0.6 is 0 Å². The summed E-state index contributed by atoms with van der Waals surface area (Å²) in [6.45, 7) is 9.58. The zero-order valence-corrected chi connectivity index (χ0v) is 11.1. The minimum absolute atomic E-state index is 0.0127. The third kappa shape index (κ3) is 1.70. The number of fused-ring (bicyclic) bond motifs is 3. The molecule has 0 aromatic heterocycles. The van der Waals surface area contributed by atoms with Crippen molar-refractivity contribution in [2.75, 3.05) is 0 Å². The molecule has 6 unspecified atom stereocenters. The van der Waals surface area contributed by atoms with E-state index in [-0.39, 0.29) is 23.9 Å². The predicted molar refractivity (Wildman–Crippen MR) is 69.1 cm³/mol. The fourth-order valence-corrected chi connectivity index (χ4v) is 4.10. The Labute approximate surface area is 112 Å². The molecule has 0 spiro atoms. The SMILES string of the molecule is C=C1C(=O)OC2C1CC(O)C(=C)C1CCC(C)(O)C12. The van der Waals surface area contributed by atoms with E-state index in [0.29, 0.717) is 18.4 Å². The Balaban J connectivity index is 2.05. The monoisotopic (exact) mass is 264 g/mol. The standard InChI is InChI=1S/C15H20O4/c1-7-9-4-5-15(3,18)12(9)13-10(6-11(7)16)8(2)14(17)19-13/h9-13,16,18H,1-2,4-6H2,3H3. The Morgan fingerprint density at radius 1 is 1.37 bits per heavy atom. The van der Waals surface area contributed by atoms with Crippen molar-refractivity contribution in [2.45, 2.75) is 44.0 Å². The highest BCUT2D eigenvalue weighted by molar-refractivity contribution is 5.91. The number of rotatable bonds is 0. The number of carbonyl (C=O) groups is 1. The van der Waals surface area contributed by atoms with E-state index in [4.69, 9.17) is 4.74 Å². The Morgan fingerprint density at radius 3 is 2.74 bits per heavy atom. The molecular formula is C15H20O4. The van der Waals surface area contributed by atoms with Crippen molar-refractivity contribution in [2.24, 2.45) is 17.8 Å². The molecule has 0 amide bonds. The van der Waals surface area contributed by atoms with Crippen LogP contribution in [0.4, 0.5) is 0 Å². The minimum atomic E-state index is -0.883. The van der Waals surface area contributed by atoms with Crippen LogP contribution in [0, 0.1) is 17.8 Å². The highest BCUT2D eigenvalue weighted by Gasteiger charge is 2.58. The lowest BCUT2D eigenvalue weighted by atomic mass is 9.77. The summed E-state index contributed by atoms with van der Waals surface area (Å²) in [5.74, 6) is -0.779. The van der Waals surface area contributed by atoms with Gasteiger partial charge in [-0.1, -0.05) is 13.2 Å². The van der Waals surface area contributed by atoms with E-state index in [0.717, 1.165) is 12.0 Å². The van der Waals surface area contributed by atoms with Gasteiger partial charge in [0.25, 0.3) is 0 Å². The van der Waals surface area contributed by atoms with Crippen molar-refractivity contribution < 1.29 is 19.7 Å². The summed E-state index contributed by atoms with van der Waals surface area (Å²) in [6.07, 6.45) is 0.804. The van der Waals surface area contributed by atoms with E-state index in [1.165, 1.54) is 0 Å². The van der Waals surface area contributed by atoms with Gasteiger partial charge in [-0.05, 0) is 37.7 Å². The van der Waals surface area contributed by atoms with Gasteiger partial charge in [0.1, 0.15) is 6.10 Å². The lowest BCUT2D eigenvalue weighted by Gasteiger charge is -2.34. The second kappa shape index (κ2) is 3.93. The molecule has 0 aromatic rings. The molecular weight excluding hydrogens is 244 g/mol. The van der Waals surface area contributed by atoms with Gasteiger partial charge >= 0.3 is 5.97 Å². The van der Waals surface area contributed by atoms with Gasteiger partial charge < -0.3 is 14.9 Å². The second-order valence-corrected chi connectivity index (χ2v) is 6.36. The number of ether oxygens (including phenoxy) is 1. The molecule has 3 aliphatic rings. The normalized spacial score (nSPS) is 49.6. The van der Waals surface area contributed by atoms with Crippen LogP contribution in [0.15, 0.2) is 24.3 Å². The summed E-state index contributed by atoms with van der Waals surface area (Å²) in [5.41, 5.74) is 0.298. The van der Waals surface area contributed by atoms with E-state index in [1.54, 1.807) is 6.92 Å². The first-order valence-corrected chi connectivity index (χ1v) is 6.82. The van der Waals surface area contributed by atoms with Crippen molar-refractivity contribution in [1.29, 1.82) is 0 Å². The lowest BCUT2D eigenvalue weighted by Crippen LogP contribution is -2.42. The first kappa shape index (κ1) is 12.9. The van der Waals surface area contributed by atoms with Crippen LogP contribution < -0.4 is 0 Å². The Bertz CT molecular complexity index is 465. The van der Waals surface area contributed by atoms with Crippen molar-refractivity contribution in [3.63, 3.8) is 0 Å². The van der Waals surface area contributed by atoms with Gasteiger partial charge in [0, 0.05) is 17.4 Å². The fraction of sp³-hybridized carbons (Fsp3) is 0.667. The molecule has 2 N–H and O–H groups in total. The van der Waals surface area contributed by atoms with Gasteiger partial charge in [0.15, 0.2) is 0 Å². The predicted octanol–water partition coefficient (Wildman–Crippen LogP) is 1.18. The Hall–Kier alpha value is -1.13. The molecule has 19 heavy (non-hydrogen) atoms. The third-order valence-corrected chi connectivity index (χ3v) is 5.20. The average molecular weight is 264 g/mol.